The number of hydrogen-bond donors (Lipinski definition) is 3. The van der Waals surface area contributed by atoms with Crippen molar-refractivity contribution in [3.05, 3.63) is 63.9 Å². The number of benzene rings is 2. The predicted octanol–water partition coefficient (Wildman–Crippen LogP) is 3.70. The third kappa shape index (κ3) is 4.86. The van der Waals surface area contributed by atoms with Crippen LogP contribution in [0.1, 0.15) is 37.3 Å². The van der Waals surface area contributed by atoms with Gasteiger partial charge in [0, 0.05) is 29.1 Å². The summed E-state index contributed by atoms with van der Waals surface area (Å²) in [6.07, 6.45) is 2.20. The van der Waals surface area contributed by atoms with Gasteiger partial charge in [0.15, 0.2) is 12.7 Å². The normalized spacial score (nSPS) is 29.4. The lowest BCUT2D eigenvalue weighted by Gasteiger charge is -2.39. The Labute approximate surface area is 206 Å². The second-order valence-electron chi connectivity index (χ2n) is 9.24. The highest BCUT2D eigenvalue weighted by Gasteiger charge is 2.57. The summed E-state index contributed by atoms with van der Waals surface area (Å²) < 4.78 is 18.9. The summed E-state index contributed by atoms with van der Waals surface area (Å²) in [4.78, 5) is 30.7. The van der Waals surface area contributed by atoms with Gasteiger partial charge in [-0.05, 0) is 55.0 Å². The summed E-state index contributed by atoms with van der Waals surface area (Å²) in [5.41, 5.74) is 3.60. The monoisotopic (exact) mass is 507 g/mol. The third-order valence-corrected chi connectivity index (χ3v) is 7.40. The number of amides is 2. The molecular formula is C24H24Cl2FN3O4. The molecule has 0 radical (unpaired) electrons. The number of fused-ring (bicyclic) bond motifs is 1. The summed E-state index contributed by atoms with van der Waals surface area (Å²) in [6.45, 7) is -0.224. The second-order valence-corrected chi connectivity index (χ2v) is 10.1. The highest BCUT2D eigenvalue weighted by Crippen LogP contribution is 2.52. The fourth-order valence-electron chi connectivity index (χ4n) is 5.16. The van der Waals surface area contributed by atoms with Crippen molar-refractivity contribution in [2.45, 2.75) is 49.4 Å². The Kier molecular flexibility index (Phi) is 6.41. The first-order chi connectivity index (χ1) is 16.3. The van der Waals surface area contributed by atoms with Gasteiger partial charge in [0.1, 0.15) is 11.6 Å². The maximum atomic E-state index is 13.5. The maximum absolute atomic E-state index is 13.5. The molecule has 0 spiro atoms. The topological polar surface area (TPSA) is 88.7 Å². The Balaban J connectivity index is 1.08. The molecule has 1 heterocycles. The van der Waals surface area contributed by atoms with E-state index in [4.69, 9.17) is 32.8 Å². The van der Waals surface area contributed by atoms with Crippen LogP contribution in [-0.4, -0.2) is 36.1 Å². The molecule has 3 saturated carbocycles. The van der Waals surface area contributed by atoms with E-state index in [1.54, 1.807) is 0 Å². The van der Waals surface area contributed by atoms with Crippen LogP contribution >= 0.6 is 23.2 Å². The summed E-state index contributed by atoms with van der Waals surface area (Å²) in [5.74, 6) is -0.488. The van der Waals surface area contributed by atoms with Crippen LogP contribution in [0, 0.1) is 11.7 Å². The van der Waals surface area contributed by atoms with Crippen LogP contribution in [-0.2, 0) is 14.4 Å². The van der Waals surface area contributed by atoms with Gasteiger partial charge in [0.2, 0.25) is 0 Å². The van der Waals surface area contributed by atoms with Crippen LogP contribution in [0.25, 0.3) is 0 Å². The molecule has 2 aromatic rings. The fourth-order valence-corrected chi connectivity index (χ4v) is 5.41. The van der Waals surface area contributed by atoms with E-state index in [-0.39, 0.29) is 46.8 Å². The molecule has 3 unspecified atom stereocenters. The first-order valence-corrected chi connectivity index (χ1v) is 11.9. The van der Waals surface area contributed by atoms with E-state index in [1.165, 1.54) is 12.1 Å². The van der Waals surface area contributed by atoms with E-state index >= 15 is 0 Å². The Morgan fingerprint density at radius 2 is 1.91 bits per heavy atom. The van der Waals surface area contributed by atoms with E-state index in [2.05, 4.69) is 16.1 Å². The first kappa shape index (κ1) is 23.4. The van der Waals surface area contributed by atoms with Gasteiger partial charge in [-0.2, -0.15) is 5.48 Å². The molecule has 1 saturated heterocycles. The average molecular weight is 508 g/mol. The lowest BCUT2D eigenvalue weighted by molar-refractivity contribution is -0.134. The number of rotatable bonds is 7. The number of halogens is 3. The second kappa shape index (κ2) is 9.34. The van der Waals surface area contributed by atoms with Crippen molar-refractivity contribution in [2.75, 3.05) is 6.61 Å². The highest BCUT2D eigenvalue weighted by molar-refractivity contribution is 6.30. The molecule has 180 valence electrons. The van der Waals surface area contributed by atoms with Gasteiger partial charge >= 0.3 is 0 Å². The van der Waals surface area contributed by atoms with E-state index in [1.807, 2.05) is 24.3 Å². The summed E-state index contributed by atoms with van der Waals surface area (Å²) in [7, 11) is 0. The number of carbonyl (C=O) groups is 2. The van der Waals surface area contributed by atoms with E-state index in [9.17, 15) is 14.0 Å². The van der Waals surface area contributed by atoms with Gasteiger partial charge < -0.3 is 15.4 Å². The van der Waals surface area contributed by atoms with Gasteiger partial charge in [0.25, 0.3) is 11.8 Å². The Morgan fingerprint density at radius 1 is 1.15 bits per heavy atom. The lowest BCUT2D eigenvalue weighted by atomic mass is 9.76. The number of hydrogen-bond acceptors (Lipinski definition) is 5. The van der Waals surface area contributed by atoms with Gasteiger partial charge in [-0.25, -0.2) is 4.39 Å². The molecule has 3 atom stereocenters. The smallest absolute Gasteiger partial charge is 0.258 e. The largest absolute Gasteiger partial charge is 0.484 e. The van der Waals surface area contributed by atoms with Crippen molar-refractivity contribution in [1.29, 1.82) is 0 Å². The standard InChI is InChI=1S/C24H24Cl2FN3O4/c25-15-3-1-13(2-4-15)19-8-21(34-30-19)23(32)28-20-11-24(9-14(20)10-24)29-22(31)12-33-16-5-6-17(26)18(27)7-16/h1-7,14,19-21,30H,8-12H2,(H,28,32)(H,29,31). The van der Waals surface area contributed by atoms with Crippen LogP contribution in [0.3, 0.4) is 0 Å². The molecular weight excluding hydrogens is 484 g/mol. The molecule has 6 rings (SSSR count). The van der Waals surface area contributed by atoms with E-state index in [0.717, 1.165) is 24.5 Å². The van der Waals surface area contributed by atoms with Crippen LogP contribution in [0.4, 0.5) is 4.39 Å². The molecule has 7 nitrogen and oxygen atoms in total. The van der Waals surface area contributed by atoms with Crippen LogP contribution in [0.15, 0.2) is 42.5 Å². The van der Waals surface area contributed by atoms with Gasteiger partial charge in [-0.1, -0.05) is 35.3 Å². The zero-order chi connectivity index (χ0) is 23.9. The summed E-state index contributed by atoms with van der Waals surface area (Å²) >= 11 is 11.6. The van der Waals surface area contributed by atoms with E-state index < -0.39 is 11.9 Å². The van der Waals surface area contributed by atoms with Crippen LogP contribution in [0.5, 0.6) is 5.75 Å². The Hall–Kier alpha value is -2.39. The van der Waals surface area contributed by atoms with Gasteiger partial charge in [-0.3, -0.25) is 14.4 Å². The highest BCUT2D eigenvalue weighted by atomic mass is 35.5. The zero-order valence-electron chi connectivity index (χ0n) is 18.2. The molecule has 4 fully saturated rings. The minimum absolute atomic E-state index is 0.00506. The molecule has 3 N–H and O–H groups in total. The van der Waals surface area contributed by atoms with Gasteiger partial charge in [-0.15, -0.1) is 0 Å². The Morgan fingerprint density at radius 3 is 2.65 bits per heavy atom. The van der Waals surface area contributed by atoms with Crippen molar-refractivity contribution < 1.29 is 23.6 Å². The van der Waals surface area contributed by atoms with Crippen molar-refractivity contribution in [2.24, 2.45) is 5.92 Å². The third-order valence-electron chi connectivity index (χ3n) is 6.85. The number of nitrogens with one attached hydrogen (secondary N) is 3. The molecule has 3 aliphatic carbocycles. The first-order valence-electron chi connectivity index (χ1n) is 11.2. The molecule has 0 aromatic heterocycles. The molecule has 2 bridgehead atoms. The van der Waals surface area contributed by atoms with Crippen molar-refractivity contribution >= 4 is 35.0 Å². The molecule has 1 aliphatic heterocycles. The predicted molar refractivity (Wildman–Crippen MR) is 124 cm³/mol. The van der Waals surface area contributed by atoms with Crippen LogP contribution < -0.4 is 20.9 Å². The quantitative estimate of drug-likeness (QED) is 0.531. The molecule has 2 aromatic carbocycles. The van der Waals surface area contributed by atoms with Gasteiger partial charge in [0.05, 0.1) is 11.1 Å². The SMILES string of the molecule is O=C(COc1ccc(Cl)c(F)c1)NC12CC(C1)C(NC(=O)C1CC(c3ccc(Cl)cc3)NO1)C2. The minimum Gasteiger partial charge on any atom is -0.484 e. The van der Waals surface area contributed by atoms with E-state index in [0.29, 0.717) is 23.8 Å². The molecule has 2 amide bonds. The average Bonchev–Trinajstić information content (AvgIpc) is 3.48. The lowest BCUT2D eigenvalue weighted by Crippen LogP contribution is -2.53. The summed E-state index contributed by atoms with van der Waals surface area (Å²) in [6, 6.07) is 11.4. The fraction of sp³-hybridized carbons (Fsp3) is 0.417. The maximum Gasteiger partial charge on any atom is 0.258 e. The summed E-state index contributed by atoms with van der Waals surface area (Å²) in [5, 5.41) is 6.78. The van der Waals surface area contributed by atoms with Crippen LogP contribution in [0.2, 0.25) is 10.0 Å². The zero-order valence-corrected chi connectivity index (χ0v) is 19.7. The molecule has 4 aliphatic rings. The van der Waals surface area contributed by atoms with Crippen molar-refractivity contribution in [3.8, 4) is 5.75 Å². The number of ether oxygens (including phenoxy) is 1. The van der Waals surface area contributed by atoms with Crippen molar-refractivity contribution in [3.63, 3.8) is 0 Å². The number of hydroxylamine groups is 1. The minimum atomic E-state index is -0.602. The number of carbonyl (C=O) groups excluding carboxylic acids is 2. The van der Waals surface area contributed by atoms with Crippen molar-refractivity contribution in [1.82, 2.24) is 16.1 Å². The Bertz CT molecular complexity index is 1090. The molecule has 34 heavy (non-hydrogen) atoms. The molecule has 10 heteroatoms.